The Morgan fingerprint density at radius 1 is 1.35 bits per heavy atom. The van der Waals surface area contributed by atoms with Crippen LogP contribution in [0.5, 0.6) is 0 Å². The number of hydrogen-bond donors (Lipinski definition) is 2. The van der Waals surface area contributed by atoms with Crippen molar-refractivity contribution in [2.24, 2.45) is 0 Å². The van der Waals surface area contributed by atoms with Crippen LogP contribution >= 0.6 is 11.3 Å². The predicted molar refractivity (Wildman–Crippen MR) is 77.2 cm³/mol. The van der Waals surface area contributed by atoms with E-state index in [4.69, 9.17) is 0 Å². The molecule has 0 unspecified atom stereocenters. The highest BCUT2D eigenvalue weighted by Crippen LogP contribution is 2.19. The first-order chi connectivity index (χ1) is 9.35. The molecule has 0 aliphatic carbocycles. The number of carbonyl (C=O) groups is 1. The maximum atomic E-state index is 11.9. The van der Waals surface area contributed by atoms with Crippen LogP contribution in [0.15, 0.2) is 4.34 Å². The molecule has 0 aromatic carbocycles. The second kappa shape index (κ2) is 7.62. The maximum absolute atomic E-state index is 11.9. The number of aromatic nitrogens is 2. The molecule has 1 aromatic rings. The SMILES string of the molecule is CCC(=O)Nc1nnc(S(=O)(=O)NCCCN(C)C)s1. The van der Waals surface area contributed by atoms with Crippen molar-refractivity contribution < 1.29 is 13.2 Å². The van der Waals surface area contributed by atoms with Crippen LogP contribution in [-0.2, 0) is 14.8 Å². The van der Waals surface area contributed by atoms with Crippen LogP contribution in [0, 0.1) is 0 Å². The summed E-state index contributed by atoms with van der Waals surface area (Å²) in [5.74, 6) is -0.232. The van der Waals surface area contributed by atoms with Crippen LogP contribution in [0.25, 0.3) is 0 Å². The van der Waals surface area contributed by atoms with E-state index in [0.29, 0.717) is 19.4 Å². The summed E-state index contributed by atoms with van der Waals surface area (Å²) in [4.78, 5) is 13.1. The fourth-order valence-corrected chi connectivity index (χ4v) is 3.27. The molecule has 0 bridgehead atoms. The minimum absolute atomic E-state index is 0.145. The smallest absolute Gasteiger partial charge is 0.269 e. The van der Waals surface area contributed by atoms with Gasteiger partial charge < -0.3 is 10.2 Å². The van der Waals surface area contributed by atoms with E-state index >= 15 is 0 Å². The van der Waals surface area contributed by atoms with E-state index in [2.05, 4.69) is 20.2 Å². The molecular weight excluding hydrogens is 302 g/mol. The van der Waals surface area contributed by atoms with Crippen molar-refractivity contribution in [2.45, 2.75) is 24.1 Å². The van der Waals surface area contributed by atoms with Gasteiger partial charge in [-0.1, -0.05) is 18.3 Å². The van der Waals surface area contributed by atoms with Crippen molar-refractivity contribution in [2.75, 3.05) is 32.5 Å². The lowest BCUT2D eigenvalue weighted by atomic mass is 10.4. The number of carbonyl (C=O) groups excluding carboxylic acids is 1. The summed E-state index contributed by atoms with van der Waals surface area (Å²) in [5, 5.41) is 9.88. The molecule has 0 atom stereocenters. The van der Waals surface area contributed by atoms with Crippen molar-refractivity contribution in [1.29, 1.82) is 0 Å². The summed E-state index contributed by atoms with van der Waals surface area (Å²) in [6, 6.07) is 0. The molecule has 2 N–H and O–H groups in total. The zero-order valence-electron chi connectivity index (χ0n) is 11.7. The van der Waals surface area contributed by atoms with E-state index in [0.717, 1.165) is 17.9 Å². The normalized spacial score (nSPS) is 11.8. The van der Waals surface area contributed by atoms with E-state index in [-0.39, 0.29) is 15.4 Å². The third kappa shape index (κ3) is 5.49. The average Bonchev–Trinajstić information content (AvgIpc) is 2.83. The number of anilines is 1. The Hall–Kier alpha value is -1.10. The van der Waals surface area contributed by atoms with E-state index in [9.17, 15) is 13.2 Å². The molecule has 8 nitrogen and oxygen atoms in total. The Bertz CT molecular complexity index is 541. The van der Waals surface area contributed by atoms with Gasteiger partial charge in [0.05, 0.1) is 0 Å². The van der Waals surface area contributed by atoms with Gasteiger partial charge in [-0.15, -0.1) is 10.2 Å². The van der Waals surface area contributed by atoms with Crippen LogP contribution in [0.3, 0.4) is 0 Å². The molecule has 0 saturated carbocycles. The molecule has 0 aliphatic heterocycles. The fraction of sp³-hybridized carbons (Fsp3) is 0.700. The first kappa shape index (κ1) is 17.0. The number of nitrogens with zero attached hydrogens (tertiary/aromatic N) is 3. The highest BCUT2D eigenvalue weighted by atomic mass is 32.2. The summed E-state index contributed by atoms with van der Waals surface area (Å²) < 4.78 is 26.1. The second-order valence-corrected chi connectivity index (χ2v) is 7.25. The lowest BCUT2D eigenvalue weighted by Crippen LogP contribution is -2.27. The van der Waals surface area contributed by atoms with Crippen molar-refractivity contribution >= 4 is 32.4 Å². The molecule has 0 saturated heterocycles. The van der Waals surface area contributed by atoms with Gasteiger partial charge in [-0.05, 0) is 27.1 Å². The summed E-state index contributed by atoms with van der Waals surface area (Å²) in [6.07, 6.45) is 0.995. The van der Waals surface area contributed by atoms with E-state index in [1.165, 1.54) is 0 Å². The Kier molecular flexibility index (Phi) is 6.46. The van der Waals surface area contributed by atoms with Gasteiger partial charge in [0, 0.05) is 13.0 Å². The monoisotopic (exact) mass is 321 g/mol. The third-order valence-electron chi connectivity index (χ3n) is 2.28. The first-order valence-electron chi connectivity index (χ1n) is 6.13. The lowest BCUT2D eigenvalue weighted by molar-refractivity contribution is -0.115. The summed E-state index contributed by atoms with van der Waals surface area (Å²) in [6.45, 7) is 2.81. The second-order valence-electron chi connectivity index (χ2n) is 4.33. The minimum Gasteiger partial charge on any atom is -0.309 e. The molecule has 10 heteroatoms. The molecule has 1 heterocycles. The highest BCUT2D eigenvalue weighted by Gasteiger charge is 2.20. The number of hydrogen-bond acceptors (Lipinski definition) is 7. The van der Waals surface area contributed by atoms with Crippen molar-refractivity contribution in [3.05, 3.63) is 0 Å². The zero-order valence-corrected chi connectivity index (χ0v) is 13.3. The van der Waals surface area contributed by atoms with Crippen LogP contribution in [0.2, 0.25) is 0 Å². The van der Waals surface area contributed by atoms with E-state index in [1.54, 1.807) is 6.92 Å². The molecular formula is C10H19N5O3S2. The average molecular weight is 321 g/mol. The van der Waals surface area contributed by atoms with Gasteiger partial charge in [0.2, 0.25) is 15.4 Å². The standard InChI is InChI=1S/C10H19N5O3S2/c1-4-8(16)12-9-13-14-10(19-9)20(17,18)11-6-5-7-15(2)3/h11H,4-7H2,1-3H3,(H,12,13,16). The van der Waals surface area contributed by atoms with E-state index in [1.807, 2.05) is 19.0 Å². The van der Waals surface area contributed by atoms with Gasteiger partial charge in [0.15, 0.2) is 0 Å². The molecule has 114 valence electrons. The molecule has 0 spiro atoms. The van der Waals surface area contributed by atoms with Gasteiger partial charge >= 0.3 is 0 Å². The van der Waals surface area contributed by atoms with Crippen LogP contribution in [0.1, 0.15) is 19.8 Å². The summed E-state index contributed by atoms with van der Waals surface area (Å²) >= 11 is 0.833. The molecule has 0 radical (unpaired) electrons. The number of rotatable bonds is 8. The molecule has 20 heavy (non-hydrogen) atoms. The molecule has 1 rings (SSSR count). The Morgan fingerprint density at radius 2 is 2.05 bits per heavy atom. The van der Waals surface area contributed by atoms with Gasteiger partial charge in [-0.25, -0.2) is 13.1 Å². The van der Waals surface area contributed by atoms with Gasteiger partial charge in [-0.3, -0.25) is 4.79 Å². The van der Waals surface area contributed by atoms with Crippen molar-refractivity contribution in [3.8, 4) is 0 Å². The fourth-order valence-electron chi connectivity index (χ4n) is 1.24. The zero-order chi connectivity index (χ0) is 15.2. The molecule has 1 amide bonds. The lowest BCUT2D eigenvalue weighted by Gasteiger charge is -2.09. The largest absolute Gasteiger partial charge is 0.309 e. The number of amides is 1. The van der Waals surface area contributed by atoms with Gasteiger partial charge in [0.25, 0.3) is 10.0 Å². The van der Waals surface area contributed by atoms with Crippen LogP contribution in [0.4, 0.5) is 5.13 Å². The third-order valence-corrected chi connectivity index (χ3v) is 4.95. The Balaban J connectivity index is 2.57. The maximum Gasteiger partial charge on any atom is 0.269 e. The van der Waals surface area contributed by atoms with Crippen LogP contribution < -0.4 is 10.0 Å². The highest BCUT2D eigenvalue weighted by molar-refractivity contribution is 7.91. The predicted octanol–water partition coefficient (Wildman–Crippen LogP) is 0.117. The molecule has 1 aromatic heterocycles. The first-order valence-corrected chi connectivity index (χ1v) is 8.43. The minimum atomic E-state index is -3.65. The topological polar surface area (TPSA) is 104 Å². The van der Waals surface area contributed by atoms with Crippen molar-refractivity contribution in [1.82, 2.24) is 19.8 Å². The van der Waals surface area contributed by atoms with Crippen molar-refractivity contribution in [3.63, 3.8) is 0 Å². The molecule has 0 aliphatic rings. The quantitative estimate of drug-likeness (QED) is 0.520. The summed E-state index contributed by atoms with van der Waals surface area (Å²) in [5.41, 5.74) is 0. The number of nitrogens with one attached hydrogen (secondary N) is 2. The molecule has 0 fully saturated rings. The van der Waals surface area contributed by atoms with Gasteiger partial charge in [-0.2, -0.15) is 0 Å². The van der Waals surface area contributed by atoms with Crippen LogP contribution in [-0.4, -0.2) is 56.6 Å². The summed E-state index contributed by atoms with van der Waals surface area (Å²) in [7, 11) is 0.182. The number of sulfonamides is 1. The van der Waals surface area contributed by atoms with Gasteiger partial charge in [0.1, 0.15) is 0 Å². The van der Waals surface area contributed by atoms with E-state index < -0.39 is 10.0 Å². The Morgan fingerprint density at radius 3 is 2.65 bits per heavy atom. The Labute approximate surface area is 122 Å².